The van der Waals surface area contributed by atoms with Crippen LogP contribution in [0.25, 0.3) is 0 Å². The van der Waals surface area contributed by atoms with E-state index in [-0.39, 0.29) is 0 Å². The summed E-state index contributed by atoms with van der Waals surface area (Å²) in [6, 6.07) is 0. The first kappa shape index (κ1) is 13.5. The molecule has 0 spiro atoms. The minimum absolute atomic E-state index is 0.361. The summed E-state index contributed by atoms with van der Waals surface area (Å²) >= 11 is 0. The van der Waals surface area contributed by atoms with Crippen LogP contribution in [0.2, 0.25) is 0 Å². The lowest BCUT2D eigenvalue weighted by Crippen LogP contribution is -2.37. The van der Waals surface area contributed by atoms with Crippen molar-refractivity contribution in [2.24, 2.45) is 11.3 Å². The van der Waals surface area contributed by atoms with Gasteiger partial charge in [0.25, 0.3) is 0 Å². The maximum atomic E-state index is 3.54. The molecule has 1 nitrogen and oxygen atoms in total. The van der Waals surface area contributed by atoms with Crippen LogP contribution in [-0.2, 0) is 0 Å². The summed E-state index contributed by atoms with van der Waals surface area (Å²) < 4.78 is 0. The molecule has 0 aromatic rings. The molecule has 18 heavy (non-hydrogen) atoms. The molecule has 0 aromatic heterocycles. The van der Waals surface area contributed by atoms with Crippen molar-refractivity contribution >= 4 is 0 Å². The number of hydrogen-bond acceptors (Lipinski definition) is 1. The topological polar surface area (TPSA) is 12.0 Å². The molecule has 0 atom stereocenters. The van der Waals surface area contributed by atoms with Gasteiger partial charge in [-0.05, 0) is 43.8 Å². The molecule has 1 aliphatic heterocycles. The number of hydrogen-bond donors (Lipinski definition) is 1. The first-order valence-electron chi connectivity index (χ1n) is 7.64. The first-order valence-corrected chi connectivity index (χ1v) is 7.64. The van der Waals surface area contributed by atoms with E-state index in [4.69, 9.17) is 0 Å². The van der Waals surface area contributed by atoms with Crippen LogP contribution in [0.4, 0.5) is 0 Å². The molecular weight excluding hydrogens is 218 g/mol. The van der Waals surface area contributed by atoms with Gasteiger partial charge in [0.2, 0.25) is 0 Å². The number of nitrogens with one attached hydrogen (secondary N) is 1. The van der Waals surface area contributed by atoms with E-state index in [0.29, 0.717) is 5.41 Å². The predicted molar refractivity (Wildman–Crippen MR) is 79.1 cm³/mol. The fourth-order valence-corrected chi connectivity index (χ4v) is 3.85. The van der Waals surface area contributed by atoms with Crippen LogP contribution in [0.3, 0.4) is 0 Å². The number of allylic oxidation sites excluding steroid dienone is 5. The highest BCUT2D eigenvalue weighted by atomic mass is 14.9. The minimum Gasteiger partial charge on any atom is -0.365 e. The van der Waals surface area contributed by atoms with Crippen molar-refractivity contribution in [3.63, 3.8) is 0 Å². The Hall–Kier alpha value is -0.980. The highest BCUT2D eigenvalue weighted by molar-refractivity contribution is 5.26. The molecule has 1 N–H and O–H groups in total. The summed E-state index contributed by atoms with van der Waals surface area (Å²) in [4.78, 5) is 0. The third-order valence-corrected chi connectivity index (χ3v) is 5.01. The Bertz CT molecular complexity index is 339. The molecule has 0 saturated heterocycles. The molecule has 1 heterocycles. The SMILES string of the molecule is CCC(CC)(C1=CC=CC=CN1)C1CCCCC1. The van der Waals surface area contributed by atoms with Crippen molar-refractivity contribution in [2.75, 3.05) is 0 Å². The van der Waals surface area contributed by atoms with Crippen LogP contribution in [0.15, 0.2) is 36.2 Å². The molecule has 0 radical (unpaired) electrons. The van der Waals surface area contributed by atoms with Gasteiger partial charge >= 0.3 is 0 Å². The van der Waals surface area contributed by atoms with Crippen LogP contribution < -0.4 is 5.32 Å². The number of rotatable bonds is 4. The van der Waals surface area contributed by atoms with Crippen molar-refractivity contribution in [1.82, 2.24) is 5.32 Å². The zero-order valence-electron chi connectivity index (χ0n) is 11.9. The van der Waals surface area contributed by atoms with Crippen LogP contribution in [0, 0.1) is 11.3 Å². The summed E-state index contributed by atoms with van der Waals surface area (Å²) in [5.74, 6) is 0.861. The van der Waals surface area contributed by atoms with Crippen LogP contribution in [-0.4, -0.2) is 0 Å². The zero-order valence-corrected chi connectivity index (χ0v) is 11.9. The second-order valence-corrected chi connectivity index (χ2v) is 5.67. The van der Waals surface area contributed by atoms with Gasteiger partial charge in [0.15, 0.2) is 0 Å². The van der Waals surface area contributed by atoms with Crippen molar-refractivity contribution in [1.29, 1.82) is 0 Å². The summed E-state index contributed by atoms with van der Waals surface area (Å²) in [5, 5.41) is 3.54. The maximum absolute atomic E-state index is 3.54. The fraction of sp³-hybridized carbons (Fsp3) is 0.647. The molecule has 1 heteroatoms. The van der Waals surface area contributed by atoms with Gasteiger partial charge in [-0.15, -0.1) is 0 Å². The second kappa shape index (κ2) is 6.26. The lowest BCUT2D eigenvalue weighted by Gasteiger charge is -2.43. The first-order chi connectivity index (χ1) is 8.83. The Balaban J connectivity index is 2.26. The van der Waals surface area contributed by atoms with Gasteiger partial charge in [0, 0.05) is 17.3 Å². The third kappa shape index (κ3) is 2.55. The van der Waals surface area contributed by atoms with E-state index in [0.717, 1.165) is 5.92 Å². The monoisotopic (exact) mass is 245 g/mol. The molecule has 2 aliphatic rings. The summed E-state index contributed by atoms with van der Waals surface area (Å²) in [6.45, 7) is 4.72. The van der Waals surface area contributed by atoms with Gasteiger partial charge in [-0.3, -0.25) is 0 Å². The molecule has 0 bridgehead atoms. The zero-order chi connectivity index (χ0) is 12.8. The lowest BCUT2D eigenvalue weighted by atomic mass is 9.63. The molecule has 1 fully saturated rings. The van der Waals surface area contributed by atoms with Gasteiger partial charge in [-0.2, -0.15) is 0 Å². The van der Waals surface area contributed by atoms with Gasteiger partial charge < -0.3 is 5.32 Å². The summed E-state index contributed by atoms with van der Waals surface area (Å²) in [6.07, 6.45) is 20.3. The molecule has 2 rings (SSSR count). The highest BCUT2D eigenvalue weighted by Gasteiger charge is 2.39. The lowest BCUT2D eigenvalue weighted by molar-refractivity contribution is 0.138. The van der Waals surface area contributed by atoms with Crippen molar-refractivity contribution in [3.8, 4) is 0 Å². The quantitative estimate of drug-likeness (QED) is 0.740. The smallest absolute Gasteiger partial charge is 0.0212 e. The Labute approximate surface area is 112 Å². The van der Waals surface area contributed by atoms with E-state index in [9.17, 15) is 0 Å². The van der Waals surface area contributed by atoms with Gasteiger partial charge in [-0.1, -0.05) is 45.3 Å². The summed E-state index contributed by atoms with van der Waals surface area (Å²) in [7, 11) is 0. The standard InChI is InChI=1S/C17H27N/c1-3-17(4-2,15-11-7-5-8-12-15)16-13-9-6-10-14-18-16/h6,9-10,13-15,18H,3-5,7-8,11-12H2,1-2H3. The Morgan fingerprint density at radius 1 is 1.06 bits per heavy atom. The molecule has 0 aromatic carbocycles. The minimum atomic E-state index is 0.361. The molecular formula is C17H27N. The van der Waals surface area contributed by atoms with E-state index < -0.39 is 0 Å². The molecule has 0 unspecified atom stereocenters. The normalized spacial score (nSPS) is 21.3. The molecule has 0 amide bonds. The molecule has 1 saturated carbocycles. The van der Waals surface area contributed by atoms with E-state index in [1.165, 1.54) is 50.6 Å². The average molecular weight is 245 g/mol. The average Bonchev–Trinajstić information content (AvgIpc) is 2.72. The van der Waals surface area contributed by atoms with Crippen molar-refractivity contribution < 1.29 is 0 Å². The Morgan fingerprint density at radius 3 is 2.44 bits per heavy atom. The van der Waals surface area contributed by atoms with Crippen LogP contribution >= 0.6 is 0 Å². The van der Waals surface area contributed by atoms with E-state index in [1.54, 1.807) is 0 Å². The van der Waals surface area contributed by atoms with Crippen molar-refractivity contribution in [3.05, 3.63) is 36.2 Å². The molecule has 1 aliphatic carbocycles. The largest absolute Gasteiger partial charge is 0.365 e. The van der Waals surface area contributed by atoms with Gasteiger partial charge in [0.1, 0.15) is 0 Å². The van der Waals surface area contributed by atoms with Gasteiger partial charge in [-0.25, -0.2) is 0 Å². The van der Waals surface area contributed by atoms with E-state index in [2.05, 4.69) is 49.7 Å². The Morgan fingerprint density at radius 2 is 1.78 bits per heavy atom. The summed E-state index contributed by atoms with van der Waals surface area (Å²) in [5.41, 5.74) is 1.80. The van der Waals surface area contributed by atoms with E-state index >= 15 is 0 Å². The third-order valence-electron chi connectivity index (χ3n) is 5.01. The van der Waals surface area contributed by atoms with Crippen molar-refractivity contribution in [2.45, 2.75) is 58.8 Å². The van der Waals surface area contributed by atoms with Crippen LogP contribution in [0.5, 0.6) is 0 Å². The second-order valence-electron chi connectivity index (χ2n) is 5.67. The fourth-order valence-electron chi connectivity index (χ4n) is 3.85. The molecule has 100 valence electrons. The highest BCUT2D eigenvalue weighted by Crippen LogP contribution is 2.47. The van der Waals surface area contributed by atoms with Crippen LogP contribution in [0.1, 0.15) is 58.8 Å². The van der Waals surface area contributed by atoms with Gasteiger partial charge in [0.05, 0.1) is 0 Å². The maximum Gasteiger partial charge on any atom is 0.0212 e. The Kier molecular flexibility index (Phi) is 4.68. The van der Waals surface area contributed by atoms with E-state index in [1.807, 2.05) is 0 Å². The predicted octanol–water partition coefficient (Wildman–Crippen LogP) is 4.93.